The molecule has 0 bridgehead atoms. The minimum atomic E-state index is -0.239. The summed E-state index contributed by atoms with van der Waals surface area (Å²) in [5, 5.41) is 2.84. The molecule has 1 N–H and O–H groups in total. The Morgan fingerprint density at radius 2 is 2.00 bits per heavy atom. The highest BCUT2D eigenvalue weighted by Crippen LogP contribution is 2.09. The first kappa shape index (κ1) is 15.6. The molecule has 1 unspecified atom stereocenters. The largest absolute Gasteiger partial charge is 0.469 e. The zero-order chi connectivity index (χ0) is 14.1. The molecule has 104 valence electrons. The van der Waals surface area contributed by atoms with E-state index in [1.54, 1.807) is 6.92 Å². The summed E-state index contributed by atoms with van der Waals surface area (Å²) in [5.41, 5.74) is 1.07. The molecule has 1 rings (SSSR count). The number of esters is 1. The van der Waals surface area contributed by atoms with Crippen LogP contribution in [0.2, 0.25) is 0 Å². The number of methoxy groups -OCH3 is 1. The van der Waals surface area contributed by atoms with Gasteiger partial charge in [0, 0.05) is 12.3 Å². The quantitative estimate of drug-likeness (QED) is 0.775. The van der Waals surface area contributed by atoms with E-state index < -0.39 is 0 Å². The van der Waals surface area contributed by atoms with Crippen LogP contribution in [0.1, 0.15) is 12.5 Å². The summed E-state index contributed by atoms with van der Waals surface area (Å²) < 4.78 is 4.62. The molecule has 0 saturated carbocycles. The number of rotatable bonds is 7. The highest BCUT2D eigenvalue weighted by atomic mass is 32.2. The van der Waals surface area contributed by atoms with Crippen LogP contribution in [0.3, 0.4) is 0 Å². The Labute approximate surface area is 117 Å². The molecule has 4 nitrogen and oxygen atoms in total. The molecular formula is C14H19NO3S. The van der Waals surface area contributed by atoms with E-state index >= 15 is 0 Å². The summed E-state index contributed by atoms with van der Waals surface area (Å²) in [6.45, 7) is 2.33. The first-order valence-corrected chi connectivity index (χ1v) is 7.25. The van der Waals surface area contributed by atoms with Gasteiger partial charge in [-0.1, -0.05) is 37.3 Å². The molecule has 0 fully saturated rings. The van der Waals surface area contributed by atoms with Crippen LogP contribution in [0.4, 0.5) is 0 Å². The van der Waals surface area contributed by atoms with Crippen molar-refractivity contribution in [2.24, 2.45) is 5.92 Å². The van der Waals surface area contributed by atoms with Crippen molar-refractivity contribution in [1.29, 1.82) is 0 Å². The molecule has 0 radical (unpaired) electrons. The summed E-state index contributed by atoms with van der Waals surface area (Å²) in [5.74, 6) is 0.500. The van der Waals surface area contributed by atoms with Gasteiger partial charge in [-0.25, -0.2) is 0 Å². The first-order valence-electron chi connectivity index (χ1n) is 6.09. The van der Waals surface area contributed by atoms with Crippen molar-refractivity contribution in [3.8, 4) is 0 Å². The van der Waals surface area contributed by atoms with Crippen LogP contribution in [-0.4, -0.2) is 30.5 Å². The molecule has 0 aliphatic rings. The van der Waals surface area contributed by atoms with Crippen molar-refractivity contribution in [2.45, 2.75) is 13.5 Å². The summed E-state index contributed by atoms with van der Waals surface area (Å²) in [7, 11) is 1.37. The van der Waals surface area contributed by atoms with E-state index in [1.807, 2.05) is 30.3 Å². The smallest absolute Gasteiger partial charge is 0.309 e. The third-order valence-corrected chi connectivity index (χ3v) is 3.74. The lowest BCUT2D eigenvalue weighted by Crippen LogP contribution is -2.25. The SMILES string of the molecule is COC(=O)C(C)CSCC(=O)NCc1ccccc1. The maximum Gasteiger partial charge on any atom is 0.309 e. The lowest BCUT2D eigenvalue weighted by molar-refractivity contribution is -0.144. The lowest BCUT2D eigenvalue weighted by Gasteiger charge is -2.09. The minimum Gasteiger partial charge on any atom is -0.469 e. The van der Waals surface area contributed by atoms with Crippen LogP contribution in [0.15, 0.2) is 30.3 Å². The third kappa shape index (κ3) is 6.29. The summed E-state index contributed by atoms with van der Waals surface area (Å²) in [6, 6.07) is 9.75. The van der Waals surface area contributed by atoms with Crippen molar-refractivity contribution in [2.75, 3.05) is 18.6 Å². The third-order valence-electron chi connectivity index (χ3n) is 2.54. The van der Waals surface area contributed by atoms with Crippen molar-refractivity contribution in [3.63, 3.8) is 0 Å². The Hall–Kier alpha value is -1.49. The van der Waals surface area contributed by atoms with Gasteiger partial charge in [-0.3, -0.25) is 9.59 Å². The molecule has 1 atom stereocenters. The topological polar surface area (TPSA) is 55.4 Å². The lowest BCUT2D eigenvalue weighted by atomic mass is 10.2. The van der Waals surface area contributed by atoms with E-state index in [2.05, 4.69) is 10.1 Å². The average molecular weight is 281 g/mol. The fraction of sp³-hybridized carbons (Fsp3) is 0.429. The monoisotopic (exact) mass is 281 g/mol. The van der Waals surface area contributed by atoms with Crippen molar-refractivity contribution < 1.29 is 14.3 Å². The van der Waals surface area contributed by atoms with Gasteiger partial charge in [0.15, 0.2) is 0 Å². The highest BCUT2D eigenvalue weighted by Gasteiger charge is 2.13. The highest BCUT2D eigenvalue weighted by molar-refractivity contribution is 7.99. The number of thioether (sulfide) groups is 1. The summed E-state index contributed by atoms with van der Waals surface area (Å²) in [4.78, 5) is 22.8. The molecule has 1 amide bonds. The molecule has 0 aliphatic carbocycles. The number of hydrogen-bond acceptors (Lipinski definition) is 4. The van der Waals surface area contributed by atoms with Crippen LogP contribution in [0, 0.1) is 5.92 Å². The van der Waals surface area contributed by atoms with Gasteiger partial charge >= 0.3 is 5.97 Å². The second-order valence-electron chi connectivity index (χ2n) is 4.20. The number of carbonyl (C=O) groups is 2. The summed E-state index contributed by atoms with van der Waals surface area (Å²) in [6.07, 6.45) is 0. The van der Waals surface area contributed by atoms with Crippen LogP contribution >= 0.6 is 11.8 Å². The van der Waals surface area contributed by atoms with E-state index in [4.69, 9.17) is 0 Å². The molecule has 0 aromatic heterocycles. The molecule has 1 aromatic rings. The summed E-state index contributed by atoms with van der Waals surface area (Å²) >= 11 is 1.44. The Morgan fingerprint density at radius 3 is 2.63 bits per heavy atom. The predicted molar refractivity (Wildman–Crippen MR) is 76.8 cm³/mol. The number of nitrogens with one attached hydrogen (secondary N) is 1. The normalized spacial score (nSPS) is 11.7. The van der Waals surface area contributed by atoms with Crippen molar-refractivity contribution in [3.05, 3.63) is 35.9 Å². The second-order valence-corrected chi connectivity index (χ2v) is 5.23. The zero-order valence-electron chi connectivity index (χ0n) is 11.2. The molecule has 0 aliphatic heterocycles. The number of amides is 1. The van der Waals surface area contributed by atoms with Gasteiger partial charge < -0.3 is 10.1 Å². The molecular weight excluding hydrogens is 262 g/mol. The van der Waals surface area contributed by atoms with E-state index in [-0.39, 0.29) is 17.8 Å². The Morgan fingerprint density at radius 1 is 1.32 bits per heavy atom. The minimum absolute atomic E-state index is 0.0223. The average Bonchev–Trinajstić information content (AvgIpc) is 2.45. The van der Waals surface area contributed by atoms with Gasteiger partial charge in [-0.05, 0) is 5.56 Å². The van der Waals surface area contributed by atoms with Gasteiger partial charge in [0.1, 0.15) is 0 Å². The van der Waals surface area contributed by atoms with Gasteiger partial charge in [0.25, 0.3) is 0 Å². The molecule has 0 heterocycles. The molecule has 19 heavy (non-hydrogen) atoms. The molecule has 0 spiro atoms. The van der Waals surface area contributed by atoms with Crippen LogP contribution < -0.4 is 5.32 Å². The van der Waals surface area contributed by atoms with Gasteiger partial charge in [0.05, 0.1) is 18.8 Å². The number of ether oxygens (including phenoxy) is 1. The Kier molecular flexibility index (Phi) is 7.03. The number of hydrogen-bond donors (Lipinski definition) is 1. The van der Waals surface area contributed by atoms with Crippen LogP contribution in [-0.2, 0) is 20.9 Å². The van der Waals surface area contributed by atoms with Gasteiger partial charge in [-0.2, -0.15) is 11.8 Å². The second kappa shape index (κ2) is 8.58. The van der Waals surface area contributed by atoms with Crippen LogP contribution in [0.25, 0.3) is 0 Å². The molecule has 0 saturated heterocycles. The van der Waals surface area contributed by atoms with E-state index in [1.165, 1.54) is 18.9 Å². The van der Waals surface area contributed by atoms with Crippen molar-refractivity contribution >= 4 is 23.6 Å². The molecule has 1 aromatic carbocycles. The first-order chi connectivity index (χ1) is 9.13. The van der Waals surface area contributed by atoms with E-state index in [0.717, 1.165) is 5.56 Å². The fourth-order valence-electron chi connectivity index (χ4n) is 1.45. The molecule has 5 heteroatoms. The number of benzene rings is 1. The van der Waals surface area contributed by atoms with E-state index in [9.17, 15) is 9.59 Å². The standard InChI is InChI=1S/C14H19NO3S/c1-11(14(17)18-2)9-19-10-13(16)15-8-12-6-4-3-5-7-12/h3-7,11H,8-10H2,1-2H3,(H,15,16). The number of carbonyl (C=O) groups excluding carboxylic acids is 2. The predicted octanol–water partition coefficient (Wildman–Crippen LogP) is 1.85. The van der Waals surface area contributed by atoms with Gasteiger partial charge in [0.2, 0.25) is 5.91 Å². The Balaban J connectivity index is 2.16. The maximum absolute atomic E-state index is 11.6. The zero-order valence-corrected chi connectivity index (χ0v) is 12.0. The van der Waals surface area contributed by atoms with Crippen molar-refractivity contribution in [1.82, 2.24) is 5.32 Å². The Bertz CT molecular complexity index is 408. The maximum atomic E-state index is 11.6. The van der Waals surface area contributed by atoms with Gasteiger partial charge in [-0.15, -0.1) is 0 Å². The fourth-order valence-corrected chi connectivity index (χ4v) is 2.34. The van der Waals surface area contributed by atoms with Crippen LogP contribution in [0.5, 0.6) is 0 Å². The van der Waals surface area contributed by atoms with E-state index in [0.29, 0.717) is 18.1 Å².